The number of rotatable bonds is 4. The van der Waals surface area contributed by atoms with E-state index >= 15 is 0 Å². The van der Waals surface area contributed by atoms with Crippen LogP contribution in [0.5, 0.6) is 0 Å². The Morgan fingerprint density at radius 1 is 1.40 bits per heavy atom. The van der Waals surface area contributed by atoms with Crippen molar-refractivity contribution in [1.29, 1.82) is 0 Å². The Labute approximate surface area is 112 Å². The lowest BCUT2D eigenvalue weighted by Crippen LogP contribution is -2.10. The number of hydrogen-bond acceptors (Lipinski definition) is 4. The molecular weight excluding hydrogens is 275 g/mol. The van der Waals surface area contributed by atoms with Crippen LogP contribution in [-0.2, 0) is 17.5 Å². The van der Waals surface area contributed by atoms with E-state index in [1.807, 2.05) is 0 Å². The number of pyridine rings is 1. The molecule has 0 aliphatic heterocycles. The summed E-state index contributed by atoms with van der Waals surface area (Å²) in [5.41, 5.74) is -0.445. The molecule has 2 aromatic heterocycles. The van der Waals surface area contributed by atoms with E-state index in [1.54, 1.807) is 0 Å². The summed E-state index contributed by atoms with van der Waals surface area (Å²) in [5.74, 6) is -0.0229. The van der Waals surface area contributed by atoms with E-state index in [0.717, 1.165) is 10.7 Å². The number of halogens is 3. The minimum atomic E-state index is -4.54. The first-order valence-corrected chi connectivity index (χ1v) is 5.53. The quantitative estimate of drug-likeness (QED) is 0.808. The van der Waals surface area contributed by atoms with Gasteiger partial charge in [0, 0.05) is 13.3 Å². The van der Waals surface area contributed by atoms with Gasteiger partial charge in [0.2, 0.25) is 0 Å². The van der Waals surface area contributed by atoms with Crippen LogP contribution in [0, 0.1) is 0 Å². The highest BCUT2D eigenvalue weighted by molar-refractivity contribution is 5.76. The van der Waals surface area contributed by atoms with Crippen LogP contribution in [0.15, 0.2) is 24.4 Å². The van der Waals surface area contributed by atoms with Crippen LogP contribution in [-0.4, -0.2) is 28.2 Å². The van der Waals surface area contributed by atoms with Crippen LogP contribution >= 0.6 is 0 Å². The lowest BCUT2D eigenvalue weighted by Gasteiger charge is -2.07. The zero-order valence-electron chi connectivity index (χ0n) is 10.4. The fraction of sp³-hybridized carbons (Fsp3) is 0.250. The second kappa shape index (κ2) is 5.41. The highest BCUT2D eigenvalue weighted by Gasteiger charge is 2.32. The normalized spacial score (nSPS) is 11.6. The molecule has 0 radical (unpaired) electrons. The molecule has 2 heterocycles. The maximum atomic E-state index is 12.6. The van der Waals surface area contributed by atoms with Crippen molar-refractivity contribution in [2.24, 2.45) is 0 Å². The predicted octanol–water partition coefficient (Wildman–Crippen LogP) is 2.25. The SMILES string of the molecule is COCc1nn(-c2cccc(C(F)(F)F)n2)cc1C=O. The van der Waals surface area contributed by atoms with Gasteiger partial charge >= 0.3 is 6.18 Å². The second-order valence-corrected chi connectivity index (χ2v) is 3.91. The number of methoxy groups -OCH3 is 1. The van der Waals surface area contributed by atoms with Gasteiger partial charge in [-0.1, -0.05) is 6.07 Å². The van der Waals surface area contributed by atoms with Crippen molar-refractivity contribution in [1.82, 2.24) is 14.8 Å². The minimum Gasteiger partial charge on any atom is -0.378 e. The Morgan fingerprint density at radius 2 is 2.15 bits per heavy atom. The summed E-state index contributed by atoms with van der Waals surface area (Å²) in [4.78, 5) is 14.3. The zero-order chi connectivity index (χ0) is 14.8. The van der Waals surface area contributed by atoms with Gasteiger partial charge in [0.05, 0.1) is 17.9 Å². The molecule has 2 rings (SSSR count). The first-order chi connectivity index (χ1) is 9.45. The fourth-order valence-corrected chi connectivity index (χ4v) is 1.60. The van der Waals surface area contributed by atoms with Gasteiger partial charge in [0.25, 0.3) is 0 Å². The van der Waals surface area contributed by atoms with E-state index in [-0.39, 0.29) is 18.0 Å². The molecular formula is C12H10F3N3O2. The average Bonchev–Trinajstić information content (AvgIpc) is 2.82. The molecule has 5 nitrogen and oxygen atoms in total. The van der Waals surface area contributed by atoms with Crippen molar-refractivity contribution in [2.75, 3.05) is 7.11 Å². The van der Waals surface area contributed by atoms with Crippen molar-refractivity contribution in [3.05, 3.63) is 41.3 Å². The van der Waals surface area contributed by atoms with Gasteiger partial charge in [-0.05, 0) is 12.1 Å². The first kappa shape index (κ1) is 14.2. The van der Waals surface area contributed by atoms with E-state index in [4.69, 9.17) is 4.74 Å². The largest absolute Gasteiger partial charge is 0.433 e. The number of aldehydes is 1. The summed E-state index contributed by atoms with van der Waals surface area (Å²) < 4.78 is 43.7. The van der Waals surface area contributed by atoms with Crippen LogP contribution in [0.3, 0.4) is 0 Å². The number of carbonyl (C=O) groups is 1. The van der Waals surface area contributed by atoms with Gasteiger partial charge in [-0.3, -0.25) is 4.79 Å². The molecule has 20 heavy (non-hydrogen) atoms. The van der Waals surface area contributed by atoms with Gasteiger partial charge in [-0.15, -0.1) is 0 Å². The third-order valence-corrected chi connectivity index (χ3v) is 2.49. The Kier molecular flexibility index (Phi) is 3.84. The molecule has 0 spiro atoms. The number of aromatic nitrogens is 3. The van der Waals surface area contributed by atoms with Crippen LogP contribution in [0.2, 0.25) is 0 Å². The van der Waals surface area contributed by atoms with Gasteiger partial charge in [0.15, 0.2) is 12.1 Å². The monoisotopic (exact) mass is 285 g/mol. The Balaban J connectivity index is 2.44. The summed E-state index contributed by atoms with van der Waals surface area (Å²) in [6.07, 6.45) is -2.67. The number of carbonyl (C=O) groups excluding carboxylic acids is 1. The molecule has 0 bridgehead atoms. The van der Waals surface area contributed by atoms with E-state index < -0.39 is 11.9 Å². The molecule has 0 aliphatic rings. The minimum absolute atomic E-state index is 0.0229. The van der Waals surface area contributed by atoms with Crippen molar-refractivity contribution in [3.8, 4) is 5.82 Å². The molecule has 0 saturated heterocycles. The third kappa shape index (κ3) is 2.85. The Bertz CT molecular complexity index is 623. The molecule has 0 fully saturated rings. The molecule has 2 aromatic rings. The Hall–Kier alpha value is -2.22. The van der Waals surface area contributed by atoms with E-state index in [1.165, 1.54) is 25.4 Å². The summed E-state index contributed by atoms with van der Waals surface area (Å²) in [5, 5.41) is 3.99. The van der Waals surface area contributed by atoms with Crippen molar-refractivity contribution in [2.45, 2.75) is 12.8 Å². The standard InChI is InChI=1S/C12H10F3N3O2/c1-20-7-9-8(6-19)5-18(17-9)11-4-2-3-10(16-11)12(13,14)15/h2-6H,7H2,1H3. The maximum absolute atomic E-state index is 12.6. The number of alkyl halides is 3. The van der Waals surface area contributed by atoms with Gasteiger partial charge in [-0.25, -0.2) is 9.67 Å². The molecule has 0 aliphatic carbocycles. The molecule has 8 heteroatoms. The van der Waals surface area contributed by atoms with Crippen LogP contribution in [0.4, 0.5) is 13.2 Å². The summed E-state index contributed by atoms with van der Waals surface area (Å²) >= 11 is 0. The van der Waals surface area contributed by atoms with Gasteiger partial charge in [0.1, 0.15) is 5.69 Å². The molecule has 0 N–H and O–H groups in total. The third-order valence-electron chi connectivity index (χ3n) is 2.49. The predicted molar refractivity (Wildman–Crippen MR) is 62.5 cm³/mol. The van der Waals surface area contributed by atoms with E-state index in [9.17, 15) is 18.0 Å². The summed E-state index contributed by atoms with van der Waals surface area (Å²) in [7, 11) is 1.43. The maximum Gasteiger partial charge on any atom is 0.433 e. The number of ether oxygens (including phenoxy) is 1. The number of hydrogen-bond donors (Lipinski definition) is 0. The van der Waals surface area contributed by atoms with E-state index in [0.29, 0.717) is 12.0 Å². The fourth-order valence-electron chi connectivity index (χ4n) is 1.60. The van der Waals surface area contributed by atoms with Gasteiger partial charge in [-0.2, -0.15) is 18.3 Å². The molecule has 0 unspecified atom stereocenters. The zero-order valence-corrected chi connectivity index (χ0v) is 10.4. The number of nitrogens with zero attached hydrogens (tertiary/aromatic N) is 3. The van der Waals surface area contributed by atoms with Crippen molar-refractivity contribution in [3.63, 3.8) is 0 Å². The molecule has 0 atom stereocenters. The van der Waals surface area contributed by atoms with Crippen LogP contribution in [0.25, 0.3) is 5.82 Å². The molecule has 106 valence electrons. The van der Waals surface area contributed by atoms with Crippen LogP contribution in [0.1, 0.15) is 21.7 Å². The van der Waals surface area contributed by atoms with Crippen molar-refractivity contribution < 1.29 is 22.7 Å². The second-order valence-electron chi connectivity index (χ2n) is 3.91. The lowest BCUT2D eigenvalue weighted by atomic mass is 10.3. The topological polar surface area (TPSA) is 57.0 Å². The molecule has 0 amide bonds. The smallest absolute Gasteiger partial charge is 0.378 e. The lowest BCUT2D eigenvalue weighted by molar-refractivity contribution is -0.141. The molecule has 0 aromatic carbocycles. The first-order valence-electron chi connectivity index (χ1n) is 5.53. The average molecular weight is 285 g/mol. The van der Waals surface area contributed by atoms with Gasteiger partial charge < -0.3 is 4.74 Å². The van der Waals surface area contributed by atoms with E-state index in [2.05, 4.69) is 10.1 Å². The highest BCUT2D eigenvalue weighted by atomic mass is 19.4. The summed E-state index contributed by atoms with van der Waals surface area (Å²) in [6, 6.07) is 3.46. The van der Waals surface area contributed by atoms with Crippen LogP contribution < -0.4 is 0 Å². The molecule has 0 saturated carbocycles. The summed E-state index contributed by atoms with van der Waals surface area (Å²) in [6.45, 7) is 0.0834. The Morgan fingerprint density at radius 3 is 2.75 bits per heavy atom. The highest BCUT2D eigenvalue weighted by Crippen LogP contribution is 2.27. The van der Waals surface area contributed by atoms with Crippen molar-refractivity contribution >= 4 is 6.29 Å².